The zero-order valence-electron chi connectivity index (χ0n) is 14.6. The van der Waals surface area contributed by atoms with Gasteiger partial charge in [-0.15, -0.1) is 10.2 Å². The molecule has 0 fully saturated rings. The van der Waals surface area contributed by atoms with Crippen LogP contribution in [0.15, 0.2) is 52.2 Å². The number of thioether (sulfide) groups is 1. The summed E-state index contributed by atoms with van der Waals surface area (Å²) in [7, 11) is 0. The van der Waals surface area contributed by atoms with Gasteiger partial charge in [0.1, 0.15) is 5.76 Å². The SMILES string of the molecule is Cc1occc1-c1nnc(SCC(=O)c2ccccc2)n1CC(C)C. The van der Waals surface area contributed by atoms with E-state index in [1.807, 2.05) is 43.3 Å². The minimum Gasteiger partial charge on any atom is -0.469 e. The van der Waals surface area contributed by atoms with Crippen LogP contribution < -0.4 is 0 Å². The van der Waals surface area contributed by atoms with Crippen molar-refractivity contribution in [2.24, 2.45) is 5.92 Å². The molecule has 6 heteroatoms. The summed E-state index contributed by atoms with van der Waals surface area (Å²) in [6.45, 7) is 7.00. The number of rotatable bonds is 7. The van der Waals surface area contributed by atoms with E-state index in [2.05, 4.69) is 28.6 Å². The van der Waals surface area contributed by atoms with Crippen LogP contribution in [0.2, 0.25) is 0 Å². The fourth-order valence-corrected chi connectivity index (χ4v) is 3.42. The Kier molecular flexibility index (Phi) is 5.38. The molecule has 1 aromatic carbocycles. The second-order valence-corrected chi connectivity index (χ2v) is 7.22. The summed E-state index contributed by atoms with van der Waals surface area (Å²) in [4.78, 5) is 12.3. The van der Waals surface area contributed by atoms with E-state index in [1.165, 1.54) is 11.8 Å². The summed E-state index contributed by atoms with van der Waals surface area (Å²) >= 11 is 1.43. The number of carbonyl (C=O) groups excluding carboxylic acids is 1. The van der Waals surface area contributed by atoms with E-state index < -0.39 is 0 Å². The third-order valence-corrected chi connectivity index (χ3v) is 4.76. The molecule has 0 amide bonds. The van der Waals surface area contributed by atoms with Crippen molar-refractivity contribution in [3.8, 4) is 11.4 Å². The largest absolute Gasteiger partial charge is 0.469 e. The molecule has 0 radical (unpaired) electrons. The van der Waals surface area contributed by atoms with Gasteiger partial charge in [-0.25, -0.2) is 0 Å². The third kappa shape index (κ3) is 4.02. The number of aromatic nitrogens is 3. The third-order valence-electron chi connectivity index (χ3n) is 3.79. The average molecular weight is 355 g/mol. The van der Waals surface area contributed by atoms with Gasteiger partial charge in [-0.05, 0) is 18.9 Å². The number of hydrogen-bond donors (Lipinski definition) is 0. The van der Waals surface area contributed by atoms with E-state index in [0.717, 1.165) is 34.4 Å². The number of hydrogen-bond acceptors (Lipinski definition) is 5. The van der Waals surface area contributed by atoms with Crippen LogP contribution in [-0.2, 0) is 6.54 Å². The van der Waals surface area contributed by atoms with Gasteiger partial charge < -0.3 is 8.98 Å². The molecule has 2 heterocycles. The molecule has 0 N–H and O–H groups in total. The van der Waals surface area contributed by atoms with Gasteiger partial charge in [-0.1, -0.05) is 55.9 Å². The molecule has 25 heavy (non-hydrogen) atoms. The summed E-state index contributed by atoms with van der Waals surface area (Å²) < 4.78 is 7.48. The first-order valence-corrected chi connectivity index (χ1v) is 9.23. The number of benzene rings is 1. The lowest BCUT2D eigenvalue weighted by molar-refractivity contribution is 0.102. The predicted octanol–water partition coefficient (Wildman–Crippen LogP) is 4.48. The van der Waals surface area contributed by atoms with Crippen molar-refractivity contribution in [1.82, 2.24) is 14.8 Å². The topological polar surface area (TPSA) is 60.9 Å². The van der Waals surface area contributed by atoms with Gasteiger partial charge in [0.15, 0.2) is 16.8 Å². The fraction of sp³-hybridized carbons (Fsp3) is 0.316. The van der Waals surface area contributed by atoms with Crippen LogP contribution in [0.1, 0.15) is 30.0 Å². The summed E-state index contributed by atoms with van der Waals surface area (Å²) in [5.74, 6) is 2.46. The van der Waals surface area contributed by atoms with E-state index in [1.54, 1.807) is 6.26 Å². The van der Waals surface area contributed by atoms with Crippen molar-refractivity contribution in [1.29, 1.82) is 0 Å². The van der Waals surface area contributed by atoms with Crippen molar-refractivity contribution < 1.29 is 9.21 Å². The average Bonchev–Trinajstić information content (AvgIpc) is 3.19. The molecule has 5 nitrogen and oxygen atoms in total. The Morgan fingerprint density at radius 1 is 1.20 bits per heavy atom. The maximum absolute atomic E-state index is 12.3. The van der Waals surface area contributed by atoms with E-state index in [9.17, 15) is 4.79 Å². The molecule has 0 aliphatic heterocycles. The maximum Gasteiger partial charge on any atom is 0.191 e. The van der Waals surface area contributed by atoms with Crippen molar-refractivity contribution in [3.63, 3.8) is 0 Å². The first-order valence-electron chi connectivity index (χ1n) is 8.25. The van der Waals surface area contributed by atoms with Crippen LogP contribution in [-0.4, -0.2) is 26.3 Å². The Balaban J connectivity index is 1.83. The van der Waals surface area contributed by atoms with Gasteiger partial charge in [-0.2, -0.15) is 0 Å². The maximum atomic E-state index is 12.3. The number of nitrogens with zero attached hydrogens (tertiary/aromatic N) is 3. The summed E-state index contributed by atoms with van der Waals surface area (Å²) in [6, 6.07) is 11.2. The van der Waals surface area contributed by atoms with Crippen LogP contribution in [0.3, 0.4) is 0 Å². The highest BCUT2D eigenvalue weighted by atomic mass is 32.2. The fourth-order valence-electron chi connectivity index (χ4n) is 2.58. The summed E-state index contributed by atoms with van der Waals surface area (Å²) in [5.41, 5.74) is 1.66. The van der Waals surface area contributed by atoms with Crippen molar-refractivity contribution >= 4 is 17.5 Å². The Morgan fingerprint density at radius 3 is 2.60 bits per heavy atom. The van der Waals surface area contributed by atoms with Crippen molar-refractivity contribution in [2.45, 2.75) is 32.5 Å². The Labute approximate surface area is 151 Å². The second-order valence-electron chi connectivity index (χ2n) is 6.28. The minimum absolute atomic E-state index is 0.0886. The molecule has 130 valence electrons. The van der Waals surface area contributed by atoms with Gasteiger partial charge in [0.05, 0.1) is 17.6 Å². The Morgan fingerprint density at radius 2 is 1.96 bits per heavy atom. The zero-order chi connectivity index (χ0) is 17.8. The molecule has 2 aromatic heterocycles. The number of carbonyl (C=O) groups is 1. The molecule has 0 saturated carbocycles. The number of furan rings is 1. The minimum atomic E-state index is 0.0886. The van der Waals surface area contributed by atoms with Crippen LogP contribution in [0, 0.1) is 12.8 Å². The molecule has 0 aliphatic carbocycles. The normalized spacial score (nSPS) is 11.2. The van der Waals surface area contributed by atoms with E-state index in [0.29, 0.717) is 11.7 Å². The van der Waals surface area contributed by atoms with E-state index in [4.69, 9.17) is 4.42 Å². The lowest BCUT2D eigenvalue weighted by atomic mass is 10.2. The van der Waals surface area contributed by atoms with E-state index in [-0.39, 0.29) is 5.78 Å². The lowest BCUT2D eigenvalue weighted by Gasteiger charge is -2.12. The van der Waals surface area contributed by atoms with Gasteiger partial charge >= 0.3 is 0 Å². The van der Waals surface area contributed by atoms with Crippen LogP contribution in [0.5, 0.6) is 0 Å². The highest BCUT2D eigenvalue weighted by Gasteiger charge is 2.19. The Bertz CT molecular complexity index is 853. The van der Waals surface area contributed by atoms with E-state index >= 15 is 0 Å². The quantitative estimate of drug-likeness (QED) is 0.462. The number of ketones is 1. The van der Waals surface area contributed by atoms with Gasteiger partial charge in [-0.3, -0.25) is 4.79 Å². The standard InChI is InChI=1S/C19H21N3O2S/c1-13(2)11-22-18(16-9-10-24-14(16)3)20-21-19(22)25-12-17(23)15-7-5-4-6-8-15/h4-10,13H,11-12H2,1-3H3. The monoisotopic (exact) mass is 355 g/mol. The van der Waals surface area contributed by atoms with Crippen LogP contribution in [0.4, 0.5) is 0 Å². The first-order chi connectivity index (χ1) is 12.1. The highest BCUT2D eigenvalue weighted by Crippen LogP contribution is 2.28. The van der Waals surface area contributed by atoms with Crippen molar-refractivity contribution in [3.05, 3.63) is 54.0 Å². The van der Waals surface area contributed by atoms with Crippen LogP contribution >= 0.6 is 11.8 Å². The molecule has 3 aromatic rings. The molecule has 0 aliphatic rings. The van der Waals surface area contributed by atoms with Gasteiger partial charge in [0.25, 0.3) is 0 Å². The molecule has 0 atom stereocenters. The van der Waals surface area contributed by atoms with Crippen molar-refractivity contribution in [2.75, 3.05) is 5.75 Å². The molecular weight excluding hydrogens is 334 g/mol. The van der Waals surface area contributed by atoms with Crippen LogP contribution in [0.25, 0.3) is 11.4 Å². The molecule has 0 saturated heterocycles. The summed E-state index contributed by atoms with van der Waals surface area (Å²) in [5, 5.41) is 9.42. The molecule has 0 spiro atoms. The zero-order valence-corrected chi connectivity index (χ0v) is 15.4. The smallest absolute Gasteiger partial charge is 0.191 e. The predicted molar refractivity (Wildman–Crippen MR) is 98.8 cm³/mol. The van der Waals surface area contributed by atoms with Gasteiger partial charge in [0, 0.05) is 12.1 Å². The molecular formula is C19H21N3O2S. The second kappa shape index (κ2) is 7.70. The van der Waals surface area contributed by atoms with Gasteiger partial charge in [0.2, 0.25) is 0 Å². The Hall–Kier alpha value is -2.34. The molecule has 3 rings (SSSR count). The first kappa shape index (κ1) is 17.5. The molecule has 0 bridgehead atoms. The number of Topliss-reactive ketones (excluding diaryl/α,β-unsaturated/α-hetero) is 1. The molecule has 0 unspecified atom stereocenters. The highest BCUT2D eigenvalue weighted by molar-refractivity contribution is 7.99. The lowest BCUT2D eigenvalue weighted by Crippen LogP contribution is -2.09. The number of aryl methyl sites for hydroxylation is 1. The summed E-state index contributed by atoms with van der Waals surface area (Å²) in [6.07, 6.45) is 1.66.